The lowest BCUT2D eigenvalue weighted by Crippen LogP contribution is -1.86. The van der Waals surface area contributed by atoms with Gasteiger partial charge in [0.1, 0.15) is 0 Å². The summed E-state index contributed by atoms with van der Waals surface area (Å²) >= 11 is 5.27. The van der Waals surface area contributed by atoms with Crippen molar-refractivity contribution >= 4 is 17.8 Å². The van der Waals surface area contributed by atoms with Crippen LogP contribution < -0.4 is 11.6 Å². The molecule has 0 saturated carbocycles. The summed E-state index contributed by atoms with van der Waals surface area (Å²) in [5.41, 5.74) is 4.92. The Balaban J connectivity index is 3.58. The molecule has 0 rings (SSSR count). The average molecular weight is 120 g/mol. The first-order chi connectivity index (χ1) is 3.31. The highest BCUT2D eigenvalue weighted by molar-refractivity contribution is 6.39. The summed E-state index contributed by atoms with van der Waals surface area (Å²) in [5, 5.41) is 3.44. The molecule has 0 aliphatic rings. The zero-order valence-electron chi connectivity index (χ0n) is 3.63. The maximum absolute atomic E-state index is 5.27. The van der Waals surface area contributed by atoms with Gasteiger partial charge in [-0.2, -0.15) is 5.10 Å². The molecule has 0 fully saturated rings. The summed E-state index contributed by atoms with van der Waals surface area (Å²) < 4.78 is 0. The Morgan fingerprint density at radius 1 is 1.71 bits per heavy atom. The zero-order chi connectivity index (χ0) is 5.70. The Morgan fingerprint density at radius 2 is 2.29 bits per heavy atom. The maximum atomic E-state index is 5.27. The monoisotopic (exact) mass is 119 g/mol. The number of nitrogens with two attached hydrogens (primary N) is 2. The van der Waals surface area contributed by atoms with Gasteiger partial charge >= 0.3 is 0 Å². The number of nitrogens with zero attached hydrogens (tertiary/aromatic N) is 1. The zero-order valence-corrected chi connectivity index (χ0v) is 4.39. The van der Waals surface area contributed by atoms with Gasteiger partial charge < -0.3 is 11.6 Å². The number of hydrazone groups is 1. The van der Waals surface area contributed by atoms with E-state index in [-0.39, 0.29) is 0 Å². The molecule has 0 amide bonds. The van der Waals surface area contributed by atoms with E-state index in [1.54, 1.807) is 0 Å². The first-order valence-electron chi connectivity index (χ1n) is 1.62. The fourth-order valence-electron chi connectivity index (χ4n) is 0.114. The number of rotatable bonds is 1. The molecule has 0 aromatic carbocycles. The van der Waals surface area contributed by atoms with Gasteiger partial charge in [0, 0.05) is 6.20 Å². The first-order valence-corrected chi connectivity index (χ1v) is 1.99. The molecular weight excluding hydrogens is 114 g/mol. The smallest absolute Gasteiger partial charge is 0.0760 e. The fourth-order valence-corrected chi connectivity index (χ4v) is 0.171. The summed E-state index contributed by atoms with van der Waals surface area (Å²) in [7, 11) is 0. The third-order valence-electron chi connectivity index (χ3n) is 0.357. The van der Waals surface area contributed by atoms with E-state index in [0.29, 0.717) is 5.03 Å². The van der Waals surface area contributed by atoms with Gasteiger partial charge in [0.25, 0.3) is 0 Å². The minimum Gasteiger partial charge on any atom is -0.403 e. The van der Waals surface area contributed by atoms with Crippen LogP contribution in [0.25, 0.3) is 0 Å². The van der Waals surface area contributed by atoms with Crippen LogP contribution in [0.15, 0.2) is 16.3 Å². The number of halogens is 1. The van der Waals surface area contributed by atoms with Crippen LogP contribution in [0, 0.1) is 0 Å². The van der Waals surface area contributed by atoms with Crippen LogP contribution in [-0.2, 0) is 0 Å². The summed E-state index contributed by atoms with van der Waals surface area (Å²) in [5.74, 6) is 4.69. The van der Waals surface area contributed by atoms with Gasteiger partial charge in [-0.25, -0.2) is 0 Å². The lowest BCUT2D eigenvalue weighted by Gasteiger charge is -1.77. The molecule has 0 aromatic rings. The minimum absolute atomic E-state index is 0.336. The van der Waals surface area contributed by atoms with E-state index in [1.807, 2.05) is 0 Å². The van der Waals surface area contributed by atoms with Crippen molar-refractivity contribution in [2.45, 2.75) is 0 Å². The highest BCUT2D eigenvalue weighted by Crippen LogP contribution is 1.90. The Morgan fingerprint density at radius 3 is 2.43 bits per heavy atom. The number of hydrogen-bond donors (Lipinski definition) is 2. The van der Waals surface area contributed by atoms with Crippen molar-refractivity contribution in [3.8, 4) is 0 Å². The molecule has 0 aliphatic heterocycles. The quantitative estimate of drug-likeness (QED) is 0.289. The number of allylic oxidation sites excluding steroid dienone is 1. The van der Waals surface area contributed by atoms with Gasteiger partial charge in [-0.3, -0.25) is 0 Å². The third kappa shape index (κ3) is 3.12. The molecule has 40 valence electrons. The molecular formula is C3H6ClN3. The Bertz CT molecular complexity index is 96.4. The van der Waals surface area contributed by atoms with Crippen molar-refractivity contribution in [3.05, 3.63) is 11.2 Å². The van der Waals surface area contributed by atoms with Gasteiger partial charge in [-0.05, 0) is 0 Å². The highest BCUT2D eigenvalue weighted by atomic mass is 35.5. The lowest BCUT2D eigenvalue weighted by atomic mass is 10.7. The van der Waals surface area contributed by atoms with Crippen LogP contribution in [0.2, 0.25) is 0 Å². The molecule has 0 saturated heterocycles. The van der Waals surface area contributed by atoms with Crippen LogP contribution in [0.3, 0.4) is 0 Å². The van der Waals surface area contributed by atoms with Gasteiger partial charge in [0.05, 0.1) is 11.2 Å². The van der Waals surface area contributed by atoms with Crippen molar-refractivity contribution in [1.82, 2.24) is 0 Å². The largest absolute Gasteiger partial charge is 0.403 e. The van der Waals surface area contributed by atoms with E-state index in [4.69, 9.17) is 23.2 Å². The predicted molar refractivity (Wildman–Crippen MR) is 30.8 cm³/mol. The fraction of sp³-hybridized carbons (Fsp3) is 0. The van der Waals surface area contributed by atoms with Gasteiger partial charge in [-0.15, -0.1) is 0 Å². The predicted octanol–water partition coefficient (Wildman–Crippen LogP) is -0.0302. The normalized spacial score (nSPS) is 13.0. The third-order valence-corrected chi connectivity index (χ3v) is 0.581. The van der Waals surface area contributed by atoms with E-state index in [2.05, 4.69) is 5.10 Å². The molecule has 0 spiro atoms. The lowest BCUT2D eigenvalue weighted by molar-refractivity contribution is 1.27. The Kier molecular flexibility index (Phi) is 3.14. The van der Waals surface area contributed by atoms with E-state index < -0.39 is 0 Å². The molecule has 7 heavy (non-hydrogen) atoms. The molecule has 0 radical (unpaired) electrons. The first kappa shape index (κ1) is 6.30. The van der Waals surface area contributed by atoms with Gasteiger partial charge in [0.15, 0.2) is 0 Å². The van der Waals surface area contributed by atoms with Crippen LogP contribution in [0.1, 0.15) is 0 Å². The van der Waals surface area contributed by atoms with Crippen molar-refractivity contribution in [2.24, 2.45) is 16.7 Å². The van der Waals surface area contributed by atoms with Crippen molar-refractivity contribution < 1.29 is 0 Å². The van der Waals surface area contributed by atoms with Crippen LogP contribution in [0.4, 0.5) is 0 Å². The van der Waals surface area contributed by atoms with E-state index in [0.717, 1.165) is 0 Å². The summed E-state index contributed by atoms with van der Waals surface area (Å²) in [6.45, 7) is 0. The molecule has 4 heteroatoms. The minimum atomic E-state index is 0.336. The molecule has 0 heterocycles. The molecule has 0 aromatic heterocycles. The highest BCUT2D eigenvalue weighted by Gasteiger charge is 1.76. The Hall–Kier alpha value is -0.700. The van der Waals surface area contributed by atoms with Crippen LogP contribution in [0.5, 0.6) is 0 Å². The van der Waals surface area contributed by atoms with E-state index in [1.165, 1.54) is 12.4 Å². The summed E-state index contributed by atoms with van der Waals surface area (Å²) in [6.07, 6.45) is 2.46. The van der Waals surface area contributed by atoms with Gasteiger partial charge in [-0.1, -0.05) is 11.6 Å². The summed E-state index contributed by atoms with van der Waals surface area (Å²) in [4.78, 5) is 0. The topological polar surface area (TPSA) is 64.4 Å². The van der Waals surface area contributed by atoms with Crippen molar-refractivity contribution in [1.29, 1.82) is 0 Å². The molecule has 3 nitrogen and oxygen atoms in total. The molecule has 0 unspecified atom stereocenters. The van der Waals surface area contributed by atoms with Crippen LogP contribution >= 0.6 is 11.6 Å². The second-order valence-electron chi connectivity index (χ2n) is 0.830. The molecule has 0 aliphatic carbocycles. The van der Waals surface area contributed by atoms with Crippen LogP contribution in [-0.4, -0.2) is 6.21 Å². The SMILES string of the molecule is N/C=C(Cl)\C=N/N. The van der Waals surface area contributed by atoms with E-state index in [9.17, 15) is 0 Å². The second kappa shape index (κ2) is 3.49. The summed E-state index contributed by atoms with van der Waals surface area (Å²) in [6, 6.07) is 0. The van der Waals surface area contributed by atoms with Crippen molar-refractivity contribution in [3.63, 3.8) is 0 Å². The Labute approximate surface area is 46.6 Å². The number of hydrogen-bond acceptors (Lipinski definition) is 3. The van der Waals surface area contributed by atoms with Gasteiger partial charge in [0.2, 0.25) is 0 Å². The molecule has 0 bridgehead atoms. The second-order valence-corrected chi connectivity index (χ2v) is 1.27. The average Bonchev–Trinajstić information content (AvgIpc) is 1.68. The standard InChI is InChI=1S/C3H6ClN3/c4-3(1-5)2-7-6/h1-2H,5-6H2/b3-1+,7-2-. The molecule has 4 N–H and O–H groups in total. The van der Waals surface area contributed by atoms with E-state index >= 15 is 0 Å². The van der Waals surface area contributed by atoms with Crippen molar-refractivity contribution in [2.75, 3.05) is 0 Å². The maximum Gasteiger partial charge on any atom is 0.0760 e. The molecule has 0 atom stereocenters.